The Morgan fingerprint density at radius 1 is 0.588 bits per heavy atom. The third kappa shape index (κ3) is 9.54. The summed E-state index contributed by atoms with van der Waals surface area (Å²) >= 11 is 0. The summed E-state index contributed by atoms with van der Waals surface area (Å²) < 4.78 is 10.5. The molecular weight excluding hydrogens is 644 g/mol. The van der Waals surface area contributed by atoms with E-state index in [1.165, 1.54) is 9.80 Å². The Morgan fingerprint density at radius 2 is 0.941 bits per heavy atom. The van der Waals surface area contributed by atoms with Crippen LogP contribution in [-0.4, -0.2) is 64.0 Å². The number of rotatable bonds is 14. The second kappa shape index (κ2) is 17.3. The maximum atomic E-state index is 13.8. The third-order valence-electron chi connectivity index (χ3n) is 9.55. The first-order chi connectivity index (χ1) is 24.7. The number of anilines is 2. The molecule has 5 rings (SSSR count). The number of carbonyl (C=O) groups excluding carboxylic acids is 4. The summed E-state index contributed by atoms with van der Waals surface area (Å²) in [7, 11) is 6.53. The molecule has 0 unspecified atom stereocenters. The van der Waals surface area contributed by atoms with Crippen LogP contribution in [0.5, 0.6) is 11.5 Å². The highest BCUT2D eigenvalue weighted by atomic mass is 16.5. The number of carbonyl (C=O) groups is 4. The first-order valence-electron chi connectivity index (χ1n) is 17.2. The van der Waals surface area contributed by atoms with Gasteiger partial charge in [-0.15, -0.1) is 0 Å². The Labute approximate surface area is 299 Å². The maximum absolute atomic E-state index is 13.8. The molecule has 51 heavy (non-hydrogen) atoms. The van der Waals surface area contributed by atoms with E-state index in [2.05, 4.69) is 10.6 Å². The highest BCUT2D eigenvalue weighted by Gasteiger charge is 2.37. The van der Waals surface area contributed by atoms with Gasteiger partial charge in [0.05, 0.1) is 14.2 Å². The summed E-state index contributed by atoms with van der Waals surface area (Å²) in [5, 5.41) is 6.03. The fourth-order valence-corrected chi connectivity index (χ4v) is 6.47. The van der Waals surface area contributed by atoms with Crippen molar-refractivity contribution in [1.82, 2.24) is 10.6 Å². The first-order valence-corrected chi connectivity index (χ1v) is 17.2. The second-order valence-corrected chi connectivity index (χ2v) is 12.9. The predicted molar refractivity (Wildman–Crippen MR) is 198 cm³/mol. The van der Waals surface area contributed by atoms with Crippen LogP contribution in [0.25, 0.3) is 0 Å². The zero-order valence-corrected chi connectivity index (χ0v) is 29.6. The Kier molecular flexibility index (Phi) is 12.5. The van der Waals surface area contributed by atoms with Gasteiger partial charge in [-0.25, -0.2) is 0 Å². The molecule has 4 amide bonds. The number of ether oxygens (including phenoxy) is 2. The molecule has 0 heterocycles. The Morgan fingerprint density at radius 3 is 1.27 bits per heavy atom. The van der Waals surface area contributed by atoms with E-state index in [0.29, 0.717) is 55.0 Å². The van der Waals surface area contributed by atoms with E-state index in [0.717, 1.165) is 11.1 Å². The minimum absolute atomic E-state index is 0.257. The van der Waals surface area contributed by atoms with Crippen LogP contribution in [0.3, 0.4) is 0 Å². The summed E-state index contributed by atoms with van der Waals surface area (Å²) in [6.45, 7) is 0. The fraction of sp³-hybridized carbons (Fsp3) is 0.317. The molecule has 4 atom stereocenters. The Hall–Kier alpha value is -5.64. The molecule has 1 fully saturated rings. The van der Waals surface area contributed by atoms with Crippen LogP contribution >= 0.6 is 0 Å². The zero-order chi connectivity index (χ0) is 36.3. The molecular formula is C41H46N4O6. The lowest BCUT2D eigenvalue weighted by Crippen LogP contribution is -2.50. The lowest BCUT2D eigenvalue weighted by Gasteiger charge is -2.26. The van der Waals surface area contributed by atoms with Crippen molar-refractivity contribution in [2.75, 3.05) is 38.1 Å². The minimum atomic E-state index is -0.818. The highest BCUT2D eigenvalue weighted by Crippen LogP contribution is 2.32. The van der Waals surface area contributed by atoms with Crippen LogP contribution in [0.2, 0.25) is 0 Å². The van der Waals surface area contributed by atoms with Crippen molar-refractivity contribution < 1.29 is 28.7 Å². The van der Waals surface area contributed by atoms with Crippen molar-refractivity contribution >= 4 is 35.0 Å². The number of nitrogens with zero attached hydrogens (tertiary/aromatic N) is 2. The van der Waals surface area contributed by atoms with Crippen LogP contribution in [0.1, 0.15) is 30.4 Å². The van der Waals surface area contributed by atoms with Gasteiger partial charge in [-0.2, -0.15) is 0 Å². The average Bonchev–Trinajstić information content (AvgIpc) is 3.68. The molecule has 0 radical (unpaired) electrons. The van der Waals surface area contributed by atoms with Gasteiger partial charge in [-0.1, -0.05) is 60.7 Å². The number of methoxy groups -OCH3 is 2. The van der Waals surface area contributed by atoms with Crippen molar-refractivity contribution in [2.45, 2.75) is 44.2 Å². The van der Waals surface area contributed by atoms with Gasteiger partial charge in [-0.05, 0) is 78.9 Å². The van der Waals surface area contributed by atoms with E-state index in [4.69, 9.17) is 9.47 Å². The van der Waals surface area contributed by atoms with Gasteiger partial charge in [0, 0.05) is 50.1 Å². The van der Waals surface area contributed by atoms with E-state index < -0.39 is 23.9 Å². The predicted octanol–water partition coefficient (Wildman–Crippen LogP) is 5.20. The van der Waals surface area contributed by atoms with Crippen molar-refractivity contribution in [3.05, 3.63) is 120 Å². The number of hydrogen-bond acceptors (Lipinski definition) is 6. The average molecular weight is 691 g/mol. The van der Waals surface area contributed by atoms with Gasteiger partial charge in [0.2, 0.25) is 23.6 Å². The molecule has 0 aliphatic heterocycles. The SMILES string of the molecule is COc1ccc(N(C)C(=O)[C@H](Cc2ccccc2)NC(=O)[C@@H]2CC[C@H](C(=O)N[C@@H](Cc3ccccc3)C(=O)N(C)c3ccc(OC)cc3)C2)cc1. The summed E-state index contributed by atoms with van der Waals surface area (Å²) in [5.74, 6) is -0.604. The third-order valence-corrected chi connectivity index (χ3v) is 9.55. The minimum Gasteiger partial charge on any atom is -0.497 e. The number of nitrogens with one attached hydrogen (secondary N) is 2. The van der Waals surface area contributed by atoms with Gasteiger partial charge in [-0.3, -0.25) is 19.2 Å². The van der Waals surface area contributed by atoms with Gasteiger partial charge in [0.15, 0.2) is 0 Å². The summed E-state index contributed by atoms with van der Waals surface area (Å²) in [4.78, 5) is 58.2. The summed E-state index contributed by atoms with van der Waals surface area (Å²) in [6.07, 6.45) is 1.93. The lowest BCUT2D eigenvalue weighted by molar-refractivity contribution is -0.131. The first kappa shape index (κ1) is 36.6. The van der Waals surface area contributed by atoms with Crippen molar-refractivity contribution in [3.8, 4) is 11.5 Å². The van der Waals surface area contributed by atoms with Crippen LogP contribution in [-0.2, 0) is 32.0 Å². The molecule has 10 heteroatoms. The van der Waals surface area contributed by atoms with Gasteiger partial charge in [0.25, 0.3) is 0 Å². The van der Waals surface area contributed by atoms with E-state index in [9.17, 15) is 19.2 Å². The molecule has 4 aromatic rings. The Balaban J connectivity index is 1.26. The molecule has 4 aromatic carbocycles. The molecule has 2 N–H and O–H groups in total. The van der Waals surface area contributed by atoms with Crippen LogP contribution < -0.4 is 29.9 Å². The van der Waals surface area contributed by atoms with Crippen molar-refractivity contribution in [2.24, 2.45) is 11.8 Å². The van der Waals surface area contributed by atoms with Crippen molar-refractivity contribution in [1.29, 1.82) is 0 Å². The van der Waals surface area contributed by atoms with E-state index in [1.54, 1.807) is 76.8 Å². The quantitative estimate of drug-likeness (QED) is 0.188. The topological polar surface area (TPSA) is 117 Å². The number of benzene rings is 4. The van der Waals surface area contributed by atoms with Crippen LogP contribution in [0.4, 0.5) is 11.4 Å². The largest absolute Gasteiger partial charge is 0.497 e. The molecule has 10 nitrogen and oxygen atoms in total. The van der Waals surface area contributed by atoms with E-state index >= 15 is 0 Å². The van der Waals surface area contributed by atoms with Crippen LogP contribution in [0, 0.1) is 11.8 Å². The van der Waals surface area contributed by atoms with Gasteiger partial charge in [0.1, 0.15) is 23.6 Å². The van der Waals surface area contributed by atoms with Gasteiger partial charge < -0.3 is 29.9 Å². The number of hydrogen-bond donors (Lipinski definition) is 2. The molecule has 0 spiro atoms. The number of likely N-dealkylation sites (N-methyl/N-ethyl adjacent to an activating group) is 2. The second-order valence-electron chi connectivity index (χ2n) is 12.9. The normalized spacial score (nSPS) is 16.3. The van der Waals surface area contributed by atoms with Crippen LogP contribution in [0.15, 0.2) is 109 Å². The lowest BCUT2D eigenvalue weighted by atomic mass is 9.99. The standard InChI is InChI=1S/C41H46N4O6/c1-44(32-17-21-34(50-3)22-18-32)40(48)36(25-28-11-7-5-8-12-28)42-38(46)30-15-16-31(27-30)39(47)43-37(26-29-13-9-6-10-14-29)41(49)45(2)33-19-23-35(51-4)24-20-33/h5-14,17-24,30-31,36-37H,15-16,25-27H2,1-4H3,(H,42,46)(H,43,47)/t30-,31+,36-,37-/m0/s1. The number of amides is 4. The summed E-state index contributed by atoms with van der Waals surface area (Å²) in [6, 6.07) is 31.8. The zero-order valence-electron chi connectivity index (χ0n) is 29.6. The molecule has 0 bridgehead atoms. The van der Waals surface area contributed by atoms with Gasteiger partial charge >= 0.3 is 0 Å². The smallest absolute Gasteiger partial charge is 0.249 e. The molecule has 1 aliphatic carbocycles. The monoisotopic (exact) mass is 690 g/mol. The molecule has 0 aromatic heterocycles. The molecule has 266 valence electrons. The van der Waals surface area contributed by atoms with E-state index in [-0.39, 0.29) is 23.6 Å². The Bertz CT molecular complexity index is 1630. The van der Waals surface area contributed by atoms with Crippen molar-refractivity contribution in [3.63, 3.8) is 0 Å². The maximum Gasteiger partial charge on any atom is 0.249 e. The summed E-state index contributed by atoms with van der Waals surface area (Å²) in [5.41, 5.74) is 3.17. The van der Waals surface area contributed by atoms with E-state index in [1.807, 2.05) is 60.7 Å². The molecule has 0 saturated heterocycles. The highest BCUT2D eigenvalue weighted by molar-refractivity contribution is 6.00. The molecule has 1 saturated carbocycles. The fourth-order valence-electron chi connectivity index (χ4n) is 6.47. The molecule has 1 aliphatic rings.